The van der Waals surface area contributed by atoms with E-state index in [0.717, 1.165) is 0 Å². The maximum Gasteiger partial charge on any atom is 0.411 e. The van der Waals surface area contributed by atoms with Crippen LogP contribution in [0.2, 0.25) is 0 Å². The van der Waals surface area contributed by atoms with Gasteiger partial charge in [0.1, 0.15) is 17.4 Å². The summed E-state index contributed by atoms with van der Waals surface area (Å²) in [6.07, 6.45) is 1.34. The molecule has 2 amide bonds. The zero-order chi connectivity index (χ0) is 15.6. The minimum absolute atomic E-state index is 0.00323. The van der Waals surface area contributed by atoms with E-state index in [9.17, 15) is 14.4 Å². The predicted molar refractivity (Wildman–Crippen MR) is 74.3 cm³/mol. The Bertz CT molecular complexity index is 400. The number of rotatable bonds is 3. The lowest BCUT2D eigenvalue weighted by Gasteiger charge is -2.38. The highest BCUT2D eigenvalue weighted by molar-refractivity contribution is 5.92. The zero-order valence-corrected chi connectivity index (χ0v) is 12.9. The summed E-state index contributed by atoms with van der Waals surface area (Å²) in [5.74, 6) is -0.229. The molecule has 6 nitrogen and oxygen atoms in total. The summed E-state index contributed by atoms with van der Waals surface area (Å²) in [4.78, 5) is 38.6. The molecule has 1 heterocycles. The highest BCUT2D eigenvalue weighted by atomic mass is 16.6. The summed E-state index contributed by atoms with van der Waals surface area (Å²) in [5.41, 5.74) is -1.72. The van der Waals surface area contributed by atoms with Crippen LogP contribution >= 0.6 is 0 Å². The van der Waals surface area contributed by atoms with Gasteiger partial charge in [0, 0.05) is 27.1 Å². The van der Waals surface area contributed by atoms with E-state index in [-0.39, 0.29) is 12.3 Å². The van der Waals surface area contributed by atoms with Crippen LogP contribution in [0, 0.1) is 0 Å². The summed E-state index contributed by atoms with van der Waals surface area (Å²) in [6.45, 7) is 5.75. The molecular formula is C14H24N2O4. The van der Waals surface area contributed by atoms with Crippen LogP contribution in [0.3, 0.4) is 0 Å². The predicted octanol–water partition coefficient (Wildman–Crippen LogP) is 1.43. The minimum Gasteiger partial charge on any atom is -0.444 e. The number of carbonyl (C=O) groups is 3. The first-order valence-electron chi connectivity index (χ1n) is 6.80. The molecule has 1 fully saturated rings. The normalized spacial score (nSPS) is 22.6. The van der Waals surface area contributed by atoms with E-state index in [1.54, 1.807) is 34.9 Å². The Labute approximate surface area is 120 Å². The van der Waals surface area contributed by atoms with Gasteiger partial charge in [0.15, 0.2) is 0 Å². The molecule has 0 aliphatic carbocycles. The Morgan fingerprint density at radius 3 is 2.40 bits per heavy atom. The minimum atomic E-state index is -1.09. The van der Waals surface area contributed by atoms with E-state index >= 15 is 0 Å². The third-order valence-corrected chi connectivity index (χ3v) is 3.33. The van der Waals surface area contributed by atoms with Crippen molar-refractivity contribution in [1.82, 2.24) is 9.80 Å². The highest BCUT2D eigenvalue weighted by Gasteiger charge is 2.51. The number of ether oxygens (including phenoxy) is 1. The van der Waals surface area contributed by atoms with E-state index < -0.39 is 17.2 Å². The van der Waals surface area contributed by atoms with E-state index in [1.165, 1.54) is 9.80 Å². The number of nitrogens with zero attached hydrogens (tertiary/aromatic N) is 2. The molecule has 1 aliphatic rings. The van der Waals surface area contributed by atoms with Crippen LogP contribution in [0.1, 0.15) is 40.0 Å². The monoisotopic (exact) mass is 284 g/mol. The SMILES string of the molecule is CN(C)C(=O)C1(CC=O)CCCN1C(=O)OC(C)(C)C. The van der Waals surface area contributed by atoms with Gasteiger partial charge in [0.2, 0.25) is 5.91 Å². The quantitative estimate of drug-likeness (QED) is 0.735. The number of aldehydes is 1. The Hall–Kier alpha value is -1.59. The smallest absolute Gasteiger partial charge is 0.411 e. The zero-order valence-electron chi connectivity index (χ0n) is 12.9. The lowest BCUT2D eigenvalue weighted by molar-refractivity contribution is -0.141. The molecule has 114 valence electrons. The maximum absolute atomic E-state index is 12.5. The van der Waals surface area contributed by atoms with E-state index in [2.05, 4.69) is 0 Å². The third-order valence-electron chi connectivity index (χ3n) is 3.33. The van der Waals surface area contributed by atoms with Gasteiger partial charge < -0.3 is 14.4 Å². The van der Waals surface area contributed by atoms with Crippen molar-refractivity contribution in [1.29, 1.82) is 0 Å². The van der Waals surface area contributed by atoms with Crippen molar-refractivity contribution in [2.24, 2.45) is 0 Å². The summed E-state index contributed by atoms with van der Waals surface area (Å²) < 4.78 is 5.35. The molecule has 20 heavy (non-hydrogen) atoms. The largest absolute Gasteiger partial charge is 0.444 e. The van der Waals surface area contributed by atoms with Gasteiger partial charge in [-0.15, -0.1) is 0 Å². The molecule has 6 heteroatoms. The average molecular weight is 284 g/mol. The van der Waals surface area contributed by atoms with Gasteiger partial charge >= 0.3 is 6.09 Å². The topological polar surface area (TPSA) is 66.9 Å². The van der Waals surface area contributed by atoms with Gasteiger partial charge in [-0.3, -0.25) is 9.69 Å². The van der Waals surface area contributed by atoms with E-state index in [4.69, 9.17) is 4.74 Å². The van der Waals surface area contributed by atoms with Crippen LogP contribution in [0.15, 0.2) is 0 Å². The summed E-state index contributed by atoms with van der Waals surface area (Å²) >= 11 is 0. The van der Waals surface area contributed by atoms with Crippen LogP contribution in [0.4, 0.5) is 4.79 Å². The third kappa shape index (κ3) is 3.29. The molecule has 0 aromatic carbocycles. The molecule has 1 aliphatic heterocycles. The number of likely N-dealkylation sites (tertiary alicyclic amines) is 1. The van der Waals surface area contributed by atoms with Crippen molar-refractivity contribution in [2.45, 2.75) is 51.2 Å². The van der Waals surface area contributed by atoms with Gasteiger partial charge in [0.25, 0.3) is 0 Å². The highest BCUT2D eigenvalue weighted by Crippen LogP contribution is 2.34. The molecule has 1 rings (SSSR count). The van der Waals surface area contributed by atoms with Crippen molar-refractivity contribution in [2.75, 3.05) is 20.6 Å². The molecule has 1 saturated heterocycles. The van der Waals surface area contributed by atoms with Gasteiger partial charge in [0.05, 0.1) is 0 Å². The number of hydrogen-bond acceptors (Lipinski definition) is 4. The lowest BCUT2D eigenvalue weighted by Crippen LogP contribution is -2.58. The molecule has 1 atom stereocenters. The molecule has 0 bridgehead atoms. The molecule has 0 radical (unpaired) electrons. The van der Waals surface area contributed by atoms with E-state index in [1.807, 2.05) is 0 Å². The Morgan fingerprint density at radius 1 is 1.35 bits per heavy atom. The average Bonchev–Trinajstić information content (AvgIpc) is 2.71. The molecule has 0 aromatic rings. The molecule has 1 unspecified atom stereocenters. The molecule has 0 N–H and O–H groups in total. The number of carbonyl (C=O) groups excluding carboxylic acids is 3. The Kier molecular flexibility index (Phi) is 4.78. The van der Waals surface area contributed by atoms with Gasteiger partial charge in [-0.05, 0) is 33.6 Å². The van der Waals surface area contributed by atoms with E-state index in [0.29, 0.717) is 25.7 Å². The van der Waals surface area contributed by atoms with Crippen molar-refractivity contribution >= 4 is 18.3 Å². The van der Waals surface area contributed by atoms with Gasteiger partial charge in [-0.25, -0.2) is 4.79 Å². The summed E-state index contributed by atoms with van der Waals surface area (Å²) in [7, 11) is 3.25. The van der Waals surface area contributed by atoms with Crippen LogP contribution in [0.5, 0.6) is 0 Å². The van der Waals surface area contributed by atoms with Crippen LogP contribution in [0.25, 0.3) is 0 Å². The first-order chi connectivity index (χ1) is 9.14. The van der Waals surface area contributed by atoms with Crippen LogP contribution < -0.4 is 0 Å². The van der Waals surface area contributed by atoms with Crippen molar-refractivity contribution in [3.05, 3.63) is 0 Å². The number of likely N-dealkylation sites (N-methyl/N-ethyl adjacent to an activating group) is 1. The second-order valence-electron chi connectivity index (χ2n) is 6.34. The van der Waals surface area contributed by atoms with Crippen molar-refractivity contribution < 1.29 is 19.1 Å². The first kappa shape index (κ1) is 16.5. The molecule has 0 aromatic heterocycles. The second-order valence-corrected chi connectivity index (χ2v) is 6.34. The fourth-order valence-corrected chi connectivity index (χ4v) is 2.54. The second kappa shape index (κ2) is 5.81. The van der Waals surface area contributed by atoms with Crippen molar-refractivity contribution in [3.63, 3.8) is 0 Å². The fourth-order valence-electron chi connectivity index (χ4n) is 2.54. The summed E-state index contributed by atoms with van der Waals surface area (Å²) in [5, 5.41) is 0. The molecular weight excluding hydrogens is 260 g/mol. The molecule has 0 saturated carbocycles. The van der Waals surface area contributed by atoms with Gasteiger partial charge in [-0.2, -0.15) is 0 Å². The first-order valence-corrected chi connectivity index (χ1v) is 6.80. The number of amides is 2. The van der Waals surface area contributed by atoms with Crippen LogP contribution in [-0.4, -0.2) is 59.9 Å². The molecule has 0 spiro atoms. The lowest BCUT2D eigenvalue weighted by atomic mass is 9.91. The van der Waals surface area contributed by atoms with Gasteiger partial charge in [-0.1, -0.05) is 0 Å². The number of hydrogen-bond donors (Lipinski definition) is 0. The fraction of sp³-hybridized carbons (Fsp3) is 0.786. The Morgan fingerprint density at radius 2 is 1.95 bits per heavy atom. The maximum atomic E-state index is 12.5. The standard InChI is InChI=1S/C14H24N2O4/c1-13(2,3)20-12(19)16-9-6-7-14(16,8-10-17)11(18)15(4)5/h10H,6-9H2,1-5H3. The van der Waals surface area contributed by atoms with Crippen molar-refractivity contribution in [3.8, 4) is 0 Å². The Balaban J connectivity index is 3.06. The van der Waals surface area contributed by atoms with Crippen LogP contribution in [-0.2, 0) is 14.3 Å². The summed E-state index contributed by atoms with van der Waals surface area (Å²) in [6, 6.07) is 0.